The lowest BCUT2D eigenvalue weighted by Gasteiger charge is -2.35. The molecule has 1 amide bonds. The van der Waals surface area contributed by atoms with Gasteiger partial charge in [-0.05, 0) is 24.3 Å². The zero-order valence-corrected chi connectivity index (χ0v) is 17.4. The van der Waals surface area contributed by atoms with Gasteiger partial charge in [0, 0.05) is 32.4 Å². The van der Waals surface area contributed by atoms with Gasteiger partial charge in [-0.3, -0.25) is 4.79 Å². The van der Waals surface area contributed by atoms with E-state index in [2.05, 4.69) is 24.0 Å². The minimum Gasteiger partial charge on any atom is -0.505 e. The van der Waals surface area contributed by atoms with Crippen molar-refractivity contribution in [1.82, 2.24) is 9.88 Å². The van der Waals surface area contributed by atoms with Crippen LogP contribution in [0.2, 0.25) is 0 Å². The highest BCUT2D eigenvalue weighted by atomic mass is 32.2. The molecule has 31 heavy (non-hydrogen) atoms. The van der Waals surface area contributed by atoms with Gasteiger partial charge in [0.25, 0.3) is 11.8 Å². The van der Waals surface area contributed by atoms with Gasteiger partial charge in [0.2, 0.25) is 5.84 Å². The number of amides is 1. The molecule has 1 aromatic heterocycles. The summed E-state index contributed by atoms with van der Waals surface area (Å²) in [6, 6.07) is 10.3. The van der Waals surface area contributed by atoms with Crippen LogP contribution in [0.5, 0.6) is 5.75 Å². The van der Waals surface area contributed by atoms with E-state index >= 15 is 0 Å². The number of benzene rings is 1. The van der Waals surface area contributed by atoms with Gasteiger partial charge in [-0.1, -0.05) is 12.1 Å². The standard InChI is InChI=1S/C19H20N6O5S/c1-30-18-17(22-31(28,29)23-18)21-14-6-4-5-13(16(14)26)19(27)25-11-9-24(10-12-25)15-7-2-3-8-20-15/h2-8,26H,9-12H2,1H3,(H,21,22). The van der Waals surface area contributed by atoms with Crippen LogP contribution in [-0.4, -0.2) is 74.3 Å². The first kappa shape index (κ1) is 20.6. The Hall–Kier alpha value is -3.67. The Balaban J connectivity index is 1.48. The number of phenols is 1. The van der Waals surface area contributed by atoms with Gasteiger partial charge in [-0.2, -0.15) is 8.42 Å². The van der Waals surface area contributed by atoms with Gasteiger partial charge in [0.15, 0.2) is 5.75 Å². The van der Waals surface area contributed by atoms with Crippen molar-refractivity contribution >= 4 is 39.4 Å². The predicted molar refractivity (Wildman–Crippen MR) is 115 cm³/mol. The van der Waals surface area contributed by atoms with E-state index in [1.807, 2.05) is 18.2 Å². The minimum absolute atomic E-state index is 0.0913. The molecular weight excluding hydrogens is 424 g/mol. The number of phenolic OH excluding ortho intramolecular Hbond substituents is 1. The summed E-state index contributed by atoms with van der Waals surface area (Å²) in [5.74, 6) is -0.203. The molecule has 12 heteroatoms. The fourth-order valence-electron chi connectivity index (χ4n) is 3.33. The third-order valence-corrected chi connectivity index (χ3v) is 5.67. The Labute approximate surface area is 178 Å². The Morgan fingerprint density at radius 2 is 1.87 bits per heavy atom. The summed E-state index contributed by atoms with van der Waals surface area (Å²) < 4.78 is 34.8. The number of amidine groups is 1. The fourth-order valence-corrected chi connectivity index (χ4v) is 4.09. The number of nitrogens with one attached hydrogen (secondary N) is 1. The van der Waals surface area contributed by atoms with Crippen LogP contribution in [0.4, 0.5) is 11.5 Å². The van der Waals surface area contributed by atoms with Crippen LogP contribution in [0.15, 0.2) is 51.4 Å². The number of ether oxygens (including phenoxy) is 1. The number of rotatable bonds is 3. The number of carbonyl (C=O) groups excluding carboxylic acids is 1. The van der Waals surface area contributed by atoms with Gasteiger partial charge in [-0.15, -0.1) is 8.80 Å². The summed E-state index contributed by atoms with van der Waals surface area (Å²) in [5, 5.41) is 13.3. The molecule has 0 aliphatic carbocycles. The molecule has 0 saturated carbocycles. The van der Waals surface area contributed by atoms with E-state index in [0.29, 0.717) is 26.2 Å². The number of nitrogens with zero attached hydrogens (tertiary/aromatic N) is 5. The third kappa shape index (κ3) is 4.28. The molecule has 0 spiro atoms. The number of aromatic hydroxyl groups is 1. The Morgan fingerprint density at radius 1 is 1.10 bits per heavy atom. The maximum absolute atomic E-state index is 13.0. The molecule has 162 valence electrons. The number of anilines is 2. The van der Waals surface area contributed by atoms with Crippen LogP contribution in [-0.2, 0) is 14.9 Å². The SMILES string of the molecule is COC1=NS(=O)(=O)N=C1Nc1cccc(C(=O)N2CCN(c3ccccn3)CC2)c1O. The van der Waals surface area contributed by atoms with Gasteiger partial charge in [0.1, 0.15) is 5.82 Å². The lowest BCUT2D eigenvalue weighted by atomic mass is 10.1. The third-order valence-electron chi connectivity index (χ3n) is 4.86. The Kier molecular flexibility index (Phi) is 5.46. The molecule has 0 radical (unpaired) electrons. The van der Waals surface area contributed by atoms with Crippen molar-refractivity contribution in [3.63, 3.8) is 0 Å². The fraction of sp³-hybridized carbons (Fsp3) is 0.263. The van der Waals surface area contributed by atoms with E-state index < -0.39 is 10.2 Å². The summed E-state index contributed by atoms with van der Waals surface area (Å²) in [7, 11) is -2.79. The summed E-state index contributed by atoms with van der Waals surface area (Å²) in [6.07, 6.45) is 1.73. The monoisotopic (exact) mass is 444 g/mol. The Bertz CT molecular complexity index is 1160. The number of methoxy groups -OCH3 is 1. The molecule has 3 heterocycles. The quantitative estimate of drug-likeness (QED) is 0.665. The van der Waals surface area contributed by atoms with Gasteiger partial charge in [-0.25, -0.2) is 4.98 Å². The normalized spacial score (nSPS) is 17.7. The van der Waals surface area contributed by atoms with Crippen LogP contribution in [0.1, 0.15) is 10.4 Å². The maximum Gasteiger partial charge on any atom is 0.368 e. The van der Waals surface area contributed by atoms with Gasteiger partial charge < -0.3 is 25.0 Å². The molecule has 11 nitrogen and oxygen atoms in total. The number of carbonyl (C=O) groups is 1. The lowest BCUT2D eigenvalue weighted by molar-refractivity contribution is 0.0743. The van der Waals surface area contributed by atoms with Crippen LogP contribution >= 0.6 is 0 Å². The topological polar surface area (TPSA) is 137 Å². The second kappa shape index (κ2) is 8.22. The molecule has 1 aromatic carbocycles. The van der Waals surface area contributed by atoms with Crippen LogP contribution in [0.25, 0.3) is 0 Å². The first-order valence-electron chi connectivity index (χ1n) is 9.41. The van der Waals surface area contributed by atoms with E-state index in [1.54, 1.807) is 17.2 Å². The number of hydrogen-bond donors (Lipinski definition) is 2. The molecule has 0 atom stereocenters. The molecule has 2 N–H and O–H groups in total. The molecule has 4 rings (SSSR count). The number of pyridine rings is 1. The minimum atomic E-state index is -4.04. The van der Waals surface area contributed by atoms with Crippen molar-refractivity contribution in [2.75, 3.05) is 43.5 Å². The van der Waals surface area contributed by atoms with Crippen LogP contribution < -0.4 is 10.2 Å². The van der Waals surface area contributed by atoms with Crippen molar-refractivity contribution in [3.05, 3.63) is 48.2 Å². The van der Waals surface area contributed by atoms with Crippen molar-refractivity contribution in [2.45, 2.75) is 0 Å². The van der Waals surface area contributed by atoms with Crippen molar-refractivity contribution in [2.24, 2.45) is 8.80 Å². The summed E-state index contributed by atoms with van der Waals surface area (Å²) >= 11 is 0. The Morgan fingerprint density at radius 3 is 2.55 bits per heavy atom. The average molecular weight is 444 g/mol. The molecule has 1 fully saturated rings. The zero-order chi connectivity index (χ0) is 22.0. The molecule has 2 aliphatic rings. The maximum atomic E-state index is 13.0. The highest BCUT2D eigenvalue weighted by Gasteiger charge is 2.28. The smallest absolute Gasteiger partial charge is 0.368 e. The highest BCUT2D eigenvalue weighted by Crippen LogP contribution is 2.29. The summed E-state index contributed by atoms with van der Waals surface area (Å²) in [5.41, 5.74) is 0.201. The van der Waals surface area contributed by atoms with Gasteiger partial charge >= 0.3 is 10.2 Å². The lowest BCUT2D eigenvalue weighted by Crippen LogP contribution is -2.49. The second-order valence-electron chi connectivity index (χ2n) is 6.78. The van der Waals surface area contributed by atoms with E-state index in [4.69, 9.17) is 4.74 Å². The summed E-state index contributed by atoms with van der Waals surface area (Å²) in [4.78, 5) is 21.1. The molecular formula is C19H20N6O5S. The van der Waals surface area contributed by atoms with E-state index in [0.717, 1.165) is 5.82 Å². The molecule has 2 aromatic rings. The van der Waals surface area contributed by atoms with Crippen LogP contribution in [0.3, 0.4) is 0 Å². The van der Waals surface area contributed by atoms with E-state index in [9.17, 15) is 18.3 Å². The highest BCUT2D eigenvalue weighted by molar-refractivity contribution is 7.89. The number of hydrogen-bond acceptors (Lipinski definition) is 8. The van der Waals surface area contributed by atoms with Crippen molar-refractivity contribution < 1.29 is 23.1 Å². The number of piperazine rings is 1. The number of aromatic nitrogens is 1. The predicted octanol–water partition coefficient (Wildman–Crippen LogP) is 0.863. The second-order valence-corrected chi connectivity index (χ2v) is 8.04. The van der Waals surface area contributed by atoms with E-state index in [1.165, 1.54) is 19.2 Å². The largest absolute Gasteiger partial charge is 0.505 e. The first-order valence-corrected chi connectivity index (χ1v) is 10.8. The first-order chi connectivity index (χ1) is 14.9. The van der Waals surface area contributed by atoms with Gasteiger partial charge in [0.05, 0.1) is 18.4 Å². The molecule has 0 bridgehead atoms. The molecule has 0 unspecified atom stereocenters. The molecule has 1 saturated heterocycles. The van der Waals surface area contributed by atoms with Crippen molar-refractivity contribution in [3.8, 4) is 5.75 Å². The number of para-hydroxylation sites is 1. The zero-order valence-electron chi connectivity index (χ0n) is 16.6. The van der Waals surface area contributed by atoms with Crippen molar-refractivity contribution in [1.29, 1.82) is 0 Å². The summed E-state index contributed by atoms with van der Waals surface area (Å²) in [6.45, 7) is 2.17. The molecule has 2 aliphatic heterocycles. The average Bonchev–Trinajstić information content (AvgIpc) is 3.08. The van der Waals surface area contributed by atoms with Crippen LogP contribution in [0, 0.1) is 0 Å². The van der Waals surface area contributed by atoms with E-state index in [-0.39, 0.29) is 34.6 Å².